The van der Waals surface area contributed by atoms with Crippen molar-refractivity contribution in [1.82, 2.24) is 5.32 Å². The first-order chi connectivity index (χ1) is 8.16. The molecule has 17 heavy (non-hydrogen) atoms. The summed E-state index contributed by atoms with van der Waals surface area (Å²) in [6, 6.07) is 5.83. The molecule has 2 rings (SSSR count). The van der Waals surface area contributed by atoms with Crippen molar-refractivity contribution < 1.29 is 9.53 Å². The van der Waals surface area contributed by atoms with Crippen LogP contribution in [0.3, 0.4) is 0 Å². The first kappa shape index (κ1) is 12.5. The molecule has 1 aliphatic rings. The molecule has 1 aromatic rings. The van der Waals surface area contributed by atoms with Crippen LogP contribution in [-0.2, 0) is 9.53 Å². The Morgan fingerprint density at radius 3 is 3.12 bits per heavy atom. The number of hydrogen-bond acceptors (Lipinski definition) is 3. The Kier molecular flexibility index (Phi) is 4.15. The van der Waals surface area contributed by atoms with Crippen molar-refractivity contribution >= 4 is 27.5 Å². The standard InChI is InChI=1S/C12H15BrN2O2/c1-8-2-3-9(13)10(6-8)15-12(16)11-7-14-4-5-17-11/h2-3,6,11,14H,4-5,7H2,1H3,(H,15,16). The molecular formula is C12H15BrN2O2. The van der Waals surface area contributed by atoms with Gasteiger partial charge in [0.2, 0.25) is 0 Å². The largest absolute Gasteiger partial charge is 0.366 e. The van der Waals surface area contributed by atoms with Crippen LogP contribution in [-0.4, -0.2) is 31.7 Å². The number of nitrogens with one attached hydrogen (secondary N) is 2. The quantitative estimate of drug-likeness (QED) is 0.873. The SMILES string of the molecule is Cc1ccc(Br)c(NC(=O)C2CNCCO2)c1. The first-order valence-electron chi connectivity index (χ1n) is 5.56. The first-order valence-corrected chi connectivity index (χ1v) is 6.35. The number of amides is 1. The molecule has 5 heteroatoms. The second-order valence-corrected chi connectivity index (χ2v) is 4.89. The summed E-state index contributed by atoms with van der Waals surface area (Å²) < 4.78 is 6.27. The van der Waals surface area contributed by atoms with Gasteiger partial charge < -0.3 is 15.4 Å². The van der Waals surface area contributed by atoms with Crippen LogP contribution in [0, 0.1) is 6.92 Å². The van der Waals surface area contributed by atoms with Crippen molar-refractivity contribution in [2.24, 2.45) is 0 Å². The Hall–Kier alpha value is -0.910. The molecule has 1 unspecified atom stereocenters. The van der Waals surface area contributed by atoms with Crippen LogP contribution in [0.4, 0.5) is 5.69 Å². The van der Waals surface area contributed by atoms with Crippen LogP contribution in [0.1, 0.15) is 5.56 Å². The summed E-state index contributed by atoms with van der Waals surface area (Å²) in [7, 11) is 0. The highest BCUT2D eigenvalue weighted by Gasteiger charge is 2.22. The molecule has 1 amide bonds. The molecule has 0 bridgehead atoms. The average molecular weight is 299 g/mol. The molecule has 1 fully saturated rings. The second-order valence-electron chi connectivity index (χ2n) is 4.04. The number of halogens is 1. The van der Waals surface area contributed by atoms with E-state index in [9.17, 15) is 4.79 Å². The predicted molar refractivity (Wildman–Crippen MR) is 70.1 cm³/mol. The summed E-state index contributed by atoms with van der Waals surface area (Å²) in [6.45, 7) is 3.93. The third-order valence-corrected chi connectivity index (χ3v) is 3.29. The van der Waals surface area contributed by atoms with E-state index in [1.165, 1.54) is 0 Å². The molecular weight excluding hydrogens is 284 g/mol. The van der Waals surface area contributed by atoms with Gasteiger partial charge in [-0.15, -0.1) is 0 Å². The van der Waals surface area contributed by atoms with Crippen molar-refractivity contribution in [2.75, 3.05) is 25.0 Å². The zero-order chi connectivity index (χ0) is 12.3. The lowest BCUT2D eigenvalue weighted by molar-refractivity contribution is -0.128. The predicted octanol–water partition coefficient (Wildman–Crippen LogP) is 1.68. The van der Waals surface area contributed by atoms with E-state index in [4.69, 9.17) is 4.74 Å². The minimum absolute atomic E-state index is 0.108. The van der Waals surface area contributed by atoms with Crippen LogP contribution in [0.2, 0.25) is 0 Å². The number of carbonyl (C=O) groups is 1. The van der Waals surface area contributed by atoms with Gasteiger partial charge in [0.05, 0.1) is 12.3 Å². The maximum atomic E-state index is 11.9. The molecule has 92 valence electrons. The highest BCUT2D eigenvalue weighted by molar-refractivity contribution is 9.10. The Bertz CT molecular complexity index is 417. The van der Waals surface area contributed by atoms with Crippen LogP contribution in [0.15, 0.2) is 22.7 Å². The van der Waals surface area contributed by atoms with Crippen LogP contribution in [0.5, 0.6) is 0 Å². The van der Waals surface area contributed by atoms with Crippen molar-refractivity contribution in [1.29, 1.82) is 0 Å². The number of rotatable bonds is 2. The van der Waals surface area contributed by atoms with Gasteiger partial charge in [-0.25, -0.2) is 0 Å². The molecule has 0 aliphatic carbocycles. The monoisotopic (exact) mass is 298 g/mol. The second kappa shape index (κ2) is 5.62. The molecule has 4 nitrogen and oxygen atoms in total. The fourth-order valence-corrected chi connectivity index (χ4v) is 2.03. The van der Waals surface area contributed by atoms with E-state index >= 15 is 0 Å². The van der Waals surface area contributed by atoms with Gasteiger partial charge in [0, 0.05) is 17.6 Å². The number of hydrogen-bond donors (Lipinski definition) is 2. The van der Waals surface area contributed by atoms with Gasteiger partial charge in [-0.1, -0.05) is 6.07 Å². The van der Waals surface area contributed by atoms with Crippen LogP contribution in [0.25, 0.3) is 0 Å². The van der Waals surface area contributed by atoms with E-state index in [0.29, 0.717) is 13.2 Å². The van der Waals surface area contributed by atoms with E-state index in [2.05, 4.69) is 26.6 Å². The van der Waals surface area contributed by atoms with Crippen LogP contribution >= 0.6 is 15.9 Å². The van der Waals surface area contributed by atoms with Gasteiger partial charge in [0.1, 0.15) is 6.10 Å². The Morgan fingerprint density at radius 2 is 2.41 bits per heavy atom. The fraction of sp³-hybridized carbons (Fsp3) is 0.417. The summed E-state index contributed by atoms with van der Waals surface area (Å²) in [5.41, 5.74) is 1.88. The lowest BCUT2D eigenvalue weighted by Gasteiger charge is -2.23. The van der Waals surface area contributed by atoms with Crippen molar-refractivity contribution in [3.63, 3.8) is 0 Å². The maximum absolute atomic E-state index is 11.9. The summed E-state index contributed by atoms with van der Waals surface area (Å²) in [4.78, 5) is 11.9. The van der Waals surface area contributed by atoms with Gasteiger partial charge >= 0.3 is 0 Å². The Balaban J connectivity index is 2.04. The average Bonchev–Trinajstić information content (AvgIpc) is 2.35. The zero-order valence-electron chi connectivity index (χ0n) is 9.63. The molecule has 0 spiro atoms. The number of morpholine rings is 1. The minimum atomic E-state index is -0.406. The topological polar surface area (TPSA) is 50.4 Å². The third kappa shape index (κ3) is 3.28. The third-order valence-electron chi connectivity index (χ3n) is 2.60. The highest BCUT2D eigenvalue weighted by atomic mass is 79.9. The maximum Gasteiger partial charge on any atom is 0.254 e. The molecule has 1 heterocycles. The van der Waals surface area contributed by atoms with E-state index in [1.807, 2.05) is 25.1 Å². The molecule has 0 saturated carbocycles. The molecule has 1 atom stereocenters. The summed E-state index contributed by atoms with van der Waals surface area (Å²) in [5, 5.41) is 6.00. The molecule has 1 aromatic carbocycles. The Labute approximate surface area is 109 Å². The normalized spacial score (nSPS) is 20.0. The molecule has 1 aliphatic heterocycles. The highest BCUT2D eigenvalue weighted by Crippen LogP contribution is 2.23. The fourth-order valence-electron chi connectivity index (χ4n) is 1.68. The number of carbonyl (C=O) groups excluding carboxylic acids is 1. The van der Waals surface area contributed by atoms with Gasteiger partial charge in [-0.2, -0.15) is 0 Å². The van der Waals surface area contributed by atoms with E-state index < -0.39 is 6.10 Å². The van der Waals surface area contributed by atoms with Crippen molar-refractivity contribution in [2.45, 2.75) is 13.0 Å². The number of benzene rings is 1. The molecule has 0 radical (unpaired) electrons. The van der Waals surface area contributed by atoms with E-state index in [1.54, 1.807) is 0 Å². The zero-order valence-corrected chi connectivity index (χ0v) is 11.2. The van der Waals surface area contributed by atoms with Gasteiger partial charge in [-0.05, 0) is 40.5 Å². The minimum Gasteiger partial charge on any atom is -0.366 e. The van der Waals surface area contributed by atoms with Gasteiger partial charge in [-0.3, -0.25) is 4.79 Å². The summed E-state index contributed by atoms with van der Waals surface area (Å²) >= 11 is 3.41. The summed E-state index contributed by atoms with van der Waals surface area (Å²) in [5.74, 6) is -0.108. The number of aryl methyl sites for hydroxylation is 1. The van der Waals surface area contributed by atoms with Crippen molar-refractivity contribution in [3.8, 4) is 0 Å². The number of anilines is 1. The van der Waals surface area contributed by atoms with Crippen molar-refractivity contribution in [3.05, 3.63) is 28.2 Å². The molecule has 0 aromatic heterocycles. The lowest BCUT2D eigenvalue weighted by atomic mass is 10.2. The van der Waals surface area contributed by atoms with E-state index in [0.717, 1.165) is 22.3 Å². The van der Waals surface area contributed by atoms with Crippen LogP contribution < -0.4 is 10.6 Å². The lowest BCUT2D eigenvalue weighted by Crippen LogP contribution is -2.45. The Morgan fingerprint density at radius 1 is 1.59 bits per heavy atom. The molecule has 2 N–H and O–H groups in total. The number of ether oxygens (including phenoxy) is 1. The smallest absolute Gasteiger partial charge is 0.254 e. The van der Waals surface area contributed by atoms with Gasteiger partial charge in [0.15, 0.2) is 0 Å². The van der Waals surface area contributed by atoms with E-state index in [-0.39, 0.29) is 5.91 Å². The summed E-state index contributed by atoms with van der Waals surface area (Å²) in [6.07, 6.45) is -0.406. The van der Waals surface area contributed by atoms with Gasteiger partial charge in [0.25, 0.3) is 5.91 Å². The molecule has 1 saturated heterocycles.